The smallest absolute Gasteiger partial charge is 0.382 e. The third-order valence-corrected chi connectivity index (χ3v) is 10.8. The third kappa shape index (κ3) is 17.7. The summed E-state index contributed by atoms with van der Waals surface area (Å²) in [7, 11) is 0. The zero-order chi connectivity index (χ0) is 58.8. The van der Waals surface area contributed by atoms with Crippen molar-refractivity contribution in [1.82, 2.24) is 44.7 Å². The van der Waals surface area contributed by atoms with Gasteiger partial charge in [0.1, 0.15) is 40.6 Å². The van der Waals surface area contributed by atoms with Crippen LogP contribution < -0.4 is 22.7 Å². The number of benzene rings is 4. The number of amidine groups is 1. The Morgan fingerprint density at radius 2 is 1.01 bits per heavy atom. The predicted octanol–water partition coefficient (Wildman–Crippen LogP) is 7.35. The number of ketones is 1. The Hall–Kier alpha value is -10.2. The molecule has 25 heteroatoms. The molecule has 81 heavy (non-hydrogen) atoms. The van der Waals surface area contributed by atoms with Crippen molar-refractivity contribution in [2.24, 2.45) is 11.6 Å². The molecule has 21 nitrogen and oxygen atoms in total. The lowest BCUT2D eigenvalue weighted by Gasteiger charge is -2.05. The fourth-order valence-electron chi connectivity index (χ4n) is 7.11. The van der Waals surface area contributed by atoms with Crippen molar-refractivity contribution < 1.29 is 51.0 Å². The number of hydrazine groups is 1. The molecule has 420 valence electrons. The second-order valence-electron chi connectivity index (χ2n) is 16.4. The van der Waals surface area contributed by atoms with Gasteiger partial charge in [0.2, 0.25) is 0 Å². The number of fused-ring (bicyclic) bond motifs is 2. The molecule has 0 fully saturated rings. The number of anilines is 1. The molecule has 0 aliphatic heterocycles. The predicted molar refractivity (Wildman–Crippen MR) is 292 cm³/mol. The minimum atomic E-state index is -0.918. The highest BCUT2D eigenvalue weighted by Gasteiger charge is 2.21. The van der Waals surface area contributed by atoms with Gasteiger partial charge in [-0.25, -0.2) is 62.5 Å². The van der Waals surface area contributed by atoms with E-state index in [0.717, 1.165) is 0 Å². The van der Waals surface area contributed by atoms with Gasteiger partial charge in [-0.05, 0) is 69.3 Å². The van der Waals surface area contributed by atoms with Crippen LogP contribution in [0.1, 0.15) is 69.7 Å². The summed E-state index contributed by atoms with van der Waals surface area (Å²) >= 11 is 0. The van der Waals surface area contributed by atoms with Crippen molar-refractivity contribution in [3.05, 3.63) is 214 Å². The molecule has 4 aromatic carbocycles. The molecule has 9 aromatic rings. The fourth-order valence-corrected chi connectivity index (χ4v) is 7.11. The number of hydrogen-bond donors (Lipinski definition) is 5. The molecular formula is C56H56F4N14O7. The molecule has 0 amide bonds. The van der Waals surface area contributed by atoms with Crippen LogP contribution in [0.5, 0.6) is 0 Å². The van der Waals surface area contributed by atoms with Gasteiger partial charge in [-0.15, -0.1) is 0 Å². The van der Waals surface area contributed by atoms with E-state index in [0.29, 0.717) is 56.6 Å². The molecule has 8 N–H and O–H groups in total. The Morgan fingerprint density at radius 1 is 0.593 bits per heavy atom. The first-order valence-electron chi connectivity index (χ1n) is 24.6. The summed E-state index contributed by atoms with van der Waals surface area (Å²) in [6, 6.07) is 34.2. The monoisotopic (exact) mass is 1110 g/mol. The van der Waals surface area contributed by atoms with Crippen LogP contribution in [0.3, 0.4) is 0 Å². The fraction of sp³-hybridized carbons (Fsp3) is 0.196. The van der Waals surface area contributed by atoms with Gasteiger partial charge in [0.25, 0.3) is 6.54 Å². The quantitative estimate of drug-likeness (QED) is 0.00727. The molecule has 0 unspecified atom stereocenters. The van der Waals surface area contributed by atoms with Crippen molar-refractivity contribution in [3.63, 3.8) is 0 Å². The number of ether oxygens (including phenoxy) is 3. The number of nitrogens with two attached hydrogens (primary N) is 3. The van der Waals surface area contributed by atoms with Gasteiger partial charge < -0.3 is 30.5 Å². The maximum atomic E-state index is 13.8. The number of carbonyl (C=O) groups is 4. The summed E-state index contributed by atoms with van der Waals surface area (Å²) in [5, 5.41) is 21.4. The topological polar surface area (TPSA) is 294 Å². The molecule has 0 atom stereocenters. The number of Topliss-reactive ketones (excluding diaryl/α,β-unsaturated/α-hetero) is 1. The Labute approximate surface area is 461 Å². The van der Waals surface area contributed by atoms with E-state index in [1.165, 1.54) is 39.7 Å². The van der Waals surface area contributed by atoms with Crippen molar-refractivity contribution in [3.8, 4) is 0 Å². The number of nitrogens with one attached hydrogen (secondary N) is 2. The number of carbonyl (C=O) groups excluding carboxylic acids is 4. The van der Waals surface area contributed by atoms with Gasteiger partial charge in [0.15, 0.2) is 22.7 Å². The molecule has 0 saturated carbocycles. The Bertz CT molecular complexity index is 3640. The summed E-state index contributed by atoms with van der Waals surface area (Å²) in [4.78, 5) is 55.6. The molecular weight excluding hydrogens is 1060 g/mol. The largest absolute Gasteiger partial charge is 0.461 e. The van der Waals surface area contributed by atoms with E-state index in [2.05, 4.69) is 40.3 Å². The van der Waals surface area contributed by atoms with Crippen LogP contribution in [0.15, 0.2) is 140 Å². The van der Waals surface area contributed by atoms with Gasteiger partial charge in [0.05, 0.1) is 50.2 Å². The van der Waals surface area contributed by atoms with E-state index in [9.17, 15) is 36.7 Å². The first kappa shape index (κ1) is 61.7. The van der Waals surface area contributed by atoms with Crippen LogP contribution in [0.4, 0.5) is 23.4 Å². The normalized spacial score (nSPS) is 10.3. The van der Waals surface area contributed by atoms with Gasteiger partial charge in [-0.1, -0.05) is 72.8 Å². The van der Waals surface area contributed by atoms with E-state index < -0.39 is 30.2 Å². The third-order valence-electron chi connectivity index (χ3n) is 10.8. The van der Waals surface area contributed by atoms with E-state index in [1.807, 2.05) is 0 Å². The highest BCUT2D eigenvalue weighted by atomic mass is 19.1. The average molecular weight is 1110 g/mol. The Morgan fingerprint density at radius 3 is 1.44 bits per heavy atom. The van der Waals surface area contributed by atoms with E-state index in [4.69, 9.17) is 38.8 Å². The zero-order valence-electron chi connectivity index (χ0n) is 44.1. The molecule has 0 aliphatic carbocycles. The standard InChI is InChI=1S/C16H14FN3O2.C14H12FN5.C13H14FN3O2.C7H9FN2.C6H7NO3/c1-2-22-16(21)14-12-7-5-9-18-15(12)20(19-14)10-11-6-3-4-8-13(11)17;15-11-6-2-1-4-9(11)8-20-14-10(5-3-7-18-14)12(19-20)13(16)17;1-2-19-13(18)11-7-12(15)17(16-11)8-9-5-3-4-6-10(9)14;8-7-4-2-1-3-6(7)5-10-9;1-3-10-6(9)5(8)4-7-2/h3-9H,2,10H2,1H3;1-7H,8H2,(H3,16,17);3-7H,2,8,15H2,1H3;1-4,10H,5,9H2;3-4H2,1H3. The summed E-state index contributed by atoms with van der Waals surface area (Å²) in [6.07, 6.45) is 3.24. The van der Waals surface area contributed by atoms with Crippen LogP contribution in [-0.2, 0) is 50.0 Å². The maximum Gasteiger partial charge on any atom is 0.382 e. The molecule has 0 saturated heterocycles. The molecule has 5 heterocycles. The first-order chi connectivity index (χ1) is 39.0. The average Bonchev–Trinajstić information content (AvgIpc) is 4.22. The summed E-state index contributed by atoms with van der Waals surface area (Å²) in [5.74, 6) is 1.25. The molecule has 0 bridgehead atoms. The summed E-state index contributed by atoms with van der Waals surface area (Å²) in [6.45, 7) is 12.5. The van der Waals surface area contributed by atoms with Crippen LogP contribution >= 0.6 is 0 Å². The van der Waals surface area contributed by atoms with E-state index in [-0.39, 0.29) is 85.8 Å². The lowest BCUT2D eigenvalue weighted by atomic mass is 10.2. The van der Waals surface area contributed by atoms with Gasteiger partial charge in [0, 0.05) is 47.3 Å². The van der Waals surface area contributed by atoms with E-state index in [1.54, 1.807) is 135 Å². The second kappa shape index (κ2) is 31.3. The number of hydrogen-bond acceptors (Lipinski definition) is 16. The van der Waals surface area contributed by atoms with Crippen molar-refractivity contribution in [2.75, 3.05) is 32.1 Å². The van der Waals surface area contributed by atoms with Crippen molar-refractivity contribution >= 4 is 57.4 Å². The minimum absolute atomic E-state index is 0.121. The lowest BCUT2D eigenvalue weighted by Crippen LogP contribution is -2.21. The van der Waals surface area contributed by atoms with E-state index >= 15 is 0 Å². The van der Waals surface area contributed by atoms with Crippen molar-refractivity contribution in [2.45, 2.75) is 47.0 Å². The summed E-state index contributed by atoms with van der Waals surface area (Å²) in [5.41, 5.74) is 17.5. The molecule has 0 radical (unpaired) electrons. The Kier molecular flexibility index (Phi) is 23.8. The zero-order valence-corrected chi connectivity index (χ0v) is 44.1. The number of nitrogens with zero attached hydrogens (tertiary/aromatic N) is 9. The summed E-state index contributed by atoms with van der Waals surface area (Å²) < 4.78 is 72.3. The van der Waals surface area contributed by atoms with Crippen LogP contribution in [-0.4, -0.2) is 95.2 Å². The van der Waals surface area contributed by atoms with Crippen molar-refractivity contribution in [1.29, 1.82) is 5.41 Å². The Balaban J connectivity index is 0.000000192. The minimum Gasteiger partial charge on any atom is -0.461 e. The lowest BCUT2D eigenvalue weighted by molar-refractivity contribution is -0.152. The van der Waals surface area contributed by atoms with Gasteiger partial charge in [-0.3, -0.25) is 21.5 Å². The number of esters is 3. The SMILES string of the molecule is CCOC(=O)c1cc(N)n(Cc2ccccc2F)n1.CCOC(=O)c1nn(Cc2ccccc2F)c2ncccc12.N=C(N)c1nn(Cc2ccccc2F)c2ncccc12.NNCc1ccccc1F.[C-]#[N+]CC(=O)C(=O)OCC. The number of halogens is 4. The van der Waals surface area contributed by atoms with Gasteiger partial charge in [-0.2, -0.15) is 15.3 Å². The molecule has 5 aromatic heterocycles. The highest BCUT2D eigenvalue weighted by Crippen LogP contribution is 2.21. The highest BCUT2D eigenvalue weighted by molar-refractivity contribution is 6.34. The van der Waals surface area contributed by atoms with Gasteiger partial charge >= 0.3 is 23.7 Å². The molecule has 9 rings (SSSR count). The van der Waals surface area contributed by atoms with Crippen LogP contribution in [0.25, 0.3) is 26.9 Å². The molecule has 0 spiro atoms. The number of rotatable bonds is 16. The first-order valence-corrected chi connectivity index (χ1v) is 24.6. The second-order valence-corrected chi connectivity index (χ2v) is 16.4. The maximum absolute atomic E-state index is 13.8. The van der Waals surface area contributed by atoms with Crippen LogP contribution in [0.2, 0.25) is 0 Å². The molecule has 0 aliphatic rings. The van der Waals surface area contributed by atoms with Crippen LogP contribution in [0, 0.1) is 35.3 Å². The number of nitrogen functional groups attached to an aromatic ring is 2. The number of pyridine rings is 2. The number of aromatic nitrogens is 8.